The van der Waals surface area contributed by atoms with Gasteiger partial charge in [-0.15, -0.1) is 0 Å². The minimum Gasteiger partial charge on any atom is -0.491 e. The number of esters is 1. The quantitative estimate of drug-likeness (QED) is 0.0743. The fourth-order valence-electron chi connectivity index (χ4n) is 2.58. The molecule has 2 aromatic carbocycles. The van der Waals surface area contributed by atoms with Gasteiger partial charge in [0.1, 0.15) is 18.2 Å². The number of carboxylic acid groups (broad SMARTS) is 2. The molecule has 238 valence electrons. The van der Waals surface area contributed by atoms with Gasteiger partial charge in [-0.3, -0.25) is 15.0 Å². The van der Waals surface area contributed by atoms with E-state index in [-0.39, 0.29) is 30.7 Å². The number of carboxylic acids is 2. The molecule has 8 N–H and O–H groups in total. The number of amidine groups is 1. The Hall–Kier alpha value is -5.03. The molecule has 0 aliphatic carbocycles. The van der Waals surface area contributed by atoms with E-state index in [0.717, 1.165) is 0 Å². The molecule has 1 amide bonds. The predicted molar refractivity (Wildman–Crippen MR) is 138 cm³/mol. The Kier molecular flexibility index (Phi) is 15.6. The smallest absolute Gasteiger partial charge is 0.490 e. The summed E-state index contributed by atoms with van der Waals surface area (Å²) in [5, 5.41) is 24.6. The molecule has 2 aromatic rings. The summed E-state index contributed by atoms with van der Waals surface area (Å²) in [6, 6.07) is 12.9. The van der Waals surface area contributed by atoms with Crippen LogP contribution in [0, 0.1) is 5.41 Å². The van der Waals surface area contributed by atoms with Gasteiger partial charge < -0.3 is 36.5 Å². The van der Waals surface area contributed by atoms with Crippen molar-refractivity contribution in [2.75, 3.05) is 18.9 Å². The molecule has 0 unspecified atom stereocenters. The number of halogens is 6. The molecule has 43 heavy (non-hydrogen) atoms. The topological polar surface area (TPSA) is 215 Å². The zero-order valence-electron chi connectivity index (χ0n) is 22.3. The van der Waals surface area contributed by atoms with Gasteiger partial charge in [0.05, 0.1) is 12.6 Å². The van der Waals surface area contributed by atoms with Crippen LogP contribution in [0.25, 0.3) is 0 Å². The number of alkyl halides is 6. The number of hydrogen-bond donors (Lipinski definition) is 6. The third kappa shape index (κ3) is 16.7. The van der Waals surface area contributed by atoms with E-state index in [1.807, 2.05) is 0 Å². The first-order chi connectivity index (χ1) is 19.8. The van der Waals surface area contributed by atoms with Crippen molar-refractivity contribution in [3.8, 4) is 5.75 Å². The number of carbonyl (C=O) groups is 4. The number of amides is 1. The predicted octanol–water partition coefficient (Wildman–Crippen LogP) is 3.34. The van der Waals surface area contributed by atoms with Gasteiger partial charge in [-0.1, -0.05) is 12.1 Å². The normalized spacial score (nSPS) is 11.3. The summed E-state index contributed by atoms with van der Waals surface area (Å²) < 4.78 is 74.2. The number of nitrogens with one attached hydrogen (secondary N) is 2. The van der Waals surface area contributed by atoms with Crippen molar-refractivity contribution in [3.63, 3.8) is 0 Å². The summed E-state index contributed by atoms with van der Waals surface area (Å²) >= 11 is 0. The van der Waals surface area contributed by atoms with Crippen LogP contribution in [0.5, 0.6) is 5.75 Å². The lowest BCUT2D eigenvalue weighted by Crippen LogP contribution is -2.39. The summed E-state index contributed by atoms with van der Waals surface area (Å²) in [6.07, 6.45) is -9.66. The summed E-state index contributed by atoms with van der Waals surface area (Å²) in [5.41, 5.74) is 12.7. The number of aliphatic carboxylic acids is 2. The Bertz CT molecular complexity index is 1210. The average Bonchev–Trinajstić information content (AvgIpc) is 2.90. The van der Waals surface area contributed by atoms with Gasteiger partial charge in [-0.2, -0.15) is 26.3 Å². The van der Waals surface area contributed by atoms with Crippen molar-refractivity contribution >= 4 is 35.3 Å². The number of carbonyl (C=O) groups excluding carboxylic acids is 2. The molecular weight excluding hydrogens is 598 g/mol. The molecule has 0 fully saturated rings. The van der Waals surface area contributed by atoms with E-state index in [2.05, 4.69) is 5.32 Å². The highest BCUT2D eigenvalue weighted by molar-refractivity contribution is 5.95. The zero-order valence-corrected chi connectivity index (χ0v) is 22.3. The molecule has 0 radical (unpaired) electrons. The first-order valence-electron chi connectivity index (χ1n) is 11.8. The molecule has 1 atom stereocenters. The van der Waals surface area contributed by atoms with Crippen molar-refractivity contribution in [1.29, 1.82) is 5.41 Å². The fraction of sp³-hybridized carbons (Fsp3) is 0.320. The molecule has 0 aliphatic heterocycles. The minimum atomic E-state index is -5.08. The van der Waals surface area contributed by atoms with E-state index in [4.69, 9.17) is 46.2 Å². The Balaban J connectivity index is 0.00000104. The lowest BCUT2D eigenvalue weighted by atomic mass is 10.1. The number of rotatable bonds is 10. The van der Waals surface area contributed by atoms with Gasteiger partial charge in [0, 0.05) is 23.2 Å². The van der Waals surface area contributed by atoms with Gasteiger partial charge >= 0.3 is 30.3 Å². The highest BCUT2D eigenvalue weighted by atomic mass is 19.4. The second kappa shape index (κ2) is 17.7. The number of anilines is 1. The van der Waals surface area contributed by atoms with Gasteiger partial charge in [0.15, 0.2) is 0 Å². The molecule has 18 heteroatoms. The number of nitrogen functional groups attached to an aromatic ring is 2. The van der Waals surface area contributed by atoms with E-state index in [1.165, 1.54) is 0 Å². The van der Waals surface area contributed by atoms with Crippen LogP contribution in [-0.4, -0.2) is 71.5 Å². The highest BCUT2D eigenvalue weighted by Crippen LogP contribution is 2.15. The van der Waals surface area contributed by atoms with Gasteiger partial charge in [-0.05, 0) is 49.7 Å². The van der Waals surface area contributed by atoms with E-state index in [9.17, 15) is 35.9 Å². The summed E-state index contributed by atoms with van der Waals surface area (Å²) in [7, 11) is 0. The van der Waals surface area contributed by atoms with Crippen molar-refractivity contribution < 1.29 is 65.2 Å². The maximum absolute atomic E-state index is 12.5. The Labute approximate surface area is 240 Å². The second-order valence-electron chi connectivity index (χ2n) is 7.99. The van der Waals surface area contributed by atoms with Crippen LogP contribution in [0.2, 0.25) is 0 Å². The number of hydrogen-bond acceptors (Lipinski definition) is 8. The van der Waals surface area contributed by atoms with Crippen LogP contribution < -0.4 is 21.5 Å². The summed E-state index contributed by atoms with van der Waals surface area (Å²) in [4.78, 5) is 42.0. The molecule has 0 aliphatic rings. The van der Waals surface area contributed by atoms with Crippen molar-refractivity contribution in [2.45, 2.75) is 38.2 Å². The number of benzene rings is 2. The Morgan fingerprint density at radius 3 is 1.88 bits per heavy atom. The summed E-state index contributed by atoms with van der Waals surface area (Å²) in [6.45, 7) is 2.18. The van der Waals surface area contributed by atoms with Crippen molar-refractivity contribution in [1.82, 2.24) is 5.32 Å². The molecule has 0 aromatic heterocycles. The molecule has 0 spiro atoms. The first kappa shape index (κ1) is 38.0. The van der Waals surface area contributed by atoms with Crippen molar-refractivity contribution in [3.05, 3.63) is 59.7 Å². The fourth-order valence-corrected chi connectivity index (χ4v) is 2.58. The molecule has 0 bridgehead atoms. The monoisotopic (exact) mass is 626 g/mol. The SMILES string of the molecule is CCOC(=O)CC[C@H](COc1cccc(C(=N)N)c1)NC(=O)c1ccc(N)cc1.O=C(O)C(F)(F)F.O=C(O)C(F)(F)F. The van der Waals surface area contributed by atoms with Crippen LogP contribution >= 0.6 is 0 Å². The van der Waals surface area contributed by atoms with Crippen LogP contribution in [0.1, 0.15) is 35.7 Å². The van der Waals surface area contributed by atoms with Gasteiger partial charge in [-0.25, -0.2) is 9.59 Å². The molecule has 0 saturated heterocycles. The first-order valence-corrected chi connectivity index (χ1v) is 11.8. The maximum atomic E-state index is 12.5. The Morgan fingerprint density at radius 1 is 0.930 bits per heavy atom. The van der Waals surface area contributed by atoms with Crippen molar-refractivity contribution in [2.24, 2.45) is 5.73 Å². The molecule has 0 heterocycles. The van der Waals surface area contributed by atoms with E-state index in [1.54, 1.807) is 55.5 Å². The zero-order chi connectivity index (χ0) is 33.4. The van der Waals surface area contributed by atoms with E-state index < -0.39 is 30.3 Å². The third-order valence-electron chi connectivity index (χ3n) is 4.59. The average molecular weight is 627 g/mol. The van der Waals surface area contributed by atoms with Crippen LogP contribution in [0.3, 0.4) is 0 Å². The molecule has 0 saturated carbocycles. The van der Waals surface area contributed by atoms with Crippen LogP contribution in [-0.2, 0) is 19.1 Å². The maximum Gasteiger partial charge on any atom is 0.490 e. The van der Waals surface area contributed by atoms with E-state index in [0.29, 0.717) is 35.6 Å². The molecule has 2 rings (SSSR count). The second-order valence-corrected chi connectivity index (χ2v) is 7.99. The lowest BCUT2D eigenvalue weighted by molar-refractivity contribution is -0.193. The van der Waals surface area contributed by atoms with Gasteiger partial charge in [0.25, 0.3) is 5.91 Å². The largest absolute Gasteiger partial charge is 0.491 e. The Morgan fingerprint density at radius 2 is 1.44 bits per heavy atom. The molecular formula is C25H28F6N4O8. The van der Waals surface area contributed by atoms with Gasteiger partial charge in [0.2, 0.25) is 0 Å². The van der Waals surface area contributed by atoms with E-state index >= 15 is 0 Å². The van der Waals surface area contributed by atoms with Crippen LogP contribution in [0.4, 0.5) is 32.0 Å². The summed E-state index contributed by atoms with van der Waals surface area (Å²) in [5.74, 6) is -5.69. The number of nitrogens with two attached hydrogens (primary N) is 2. The lowest BCUT2D eigenvalue weighted by Gasteiger charge is -2.19. The highest BCUT2D eigenvalue weighted by Gasteiger charge is 2.38. The number of ether oxygens (including phenoxy) is 2. The minimum absolute atomic E-state index is 0.0639. The standard InChI is InChI=1S/C21H26N4O4.2C2HF3O2/c1-2-28-19(26)11-10-17(25-21(27)14-6-8-16(22)9-7-14)13-29-18-5-3-4-15(12-18)20(23)24;2*3-2(4,5)1(6)7/h3-9,12,17H,2,10-11,13,22H2,1H3,(H3,23,24)(H,25,27);2*(H,6,7)/t17-;;/m1../s1. The third-order valence-corrected chi connectivity index (χ3v) is 4.59. The molecule has 12 nitrogen and oxygen atoms in total. The van der Waals surface area contributed by atoms with Crippen LogP contribution in [0.15, 0.2) is 48.5 Å².